The van der Waals surface area contributed by atoms with E-state index in [1.54, 1.807) is 18.2 Å². The van der Waals surface area contributed by atoms with Crippen molar-refractivity contribution in [2.75, 3.05) is 25.5 Å². The second-order valence-corrected chi connectivity index (χ2v) is 8.26. The van der Waals surface area contributed by atoms with Gasteiger partial charge in [0.15, 0.2) is 11.4 Å². The Kier molecular flexibility index (Phi) is 5.34. The lowest BCUT2D eigenvalue weighted by molar-refractivity contribution is -0.151. The lowest BCUT2D eigenvalue weighted by Gasteiger charge is -2.43. The van der Waals surface area contributed by atoms with Crippen molar-refractivity contribution in [1.82, 2.24) is 15.4 Å². The number of hydrogen-bond acceptors (Lipinski definition) is 6. The van der Waals surface area contributed by atoms with Crippen molar-refractivity contribution in [3.8, 4) is 5.75 Å². The molecule has 2 aromatic rings. The zero-order valence-corrected chi connectivity index (χ0v) is 17.9. The molecule has 3 heterocycles. The number of anilines is 1. The molecular formula is C23H22F2N4O4. The summed E-state index contributed by atoms with van der Waals surface area (Å²) in [6.07, 6.45) is 3.93. The number of benzene rings is 1. The summed E-state index contributed by atoms with van der Waals surface area (Å²) in [5.74, 6) is -1.77. The smallest absolute Gasteiger partial charge is 0.269 e. The van der Waals surface area contributed by atoms with E-state index in [2.05, 4.69) is 15.6 Å². The van der Waals surface area contributed by atoms with Gasteiger partial charge in [-0.1, -0.05) is 12.1 Å². The van der Waals surface area contributed by atoms with Crippen LogP contribution in [-0.4, -0.2) is 47.7 Å². The van der Waals surface area contributed by atoms with Gasteiger partial charge in [0, 0.05) is 24.7 Å². The van der Waals surface area contributed by atoms with E-state index in [1.165, 1.54) is 24.2 Å². The third-order valence-corrected chi connectivity index (χ3v) is 6.25. The Bertz CT molecular complexity index is 1180. The molecule has 8 nitrogen and oxygen atoms in total. The molecule has 1 aliphatic carbocycles. The number of hydrogen-bond donors (Lipinski definition) is 2. The van der Waals surface area contributed by atoms with E-state index in [-0.39, 0.29) is 42.5 Å². The van der Waals surface area contributed by atoms with E-state index < -0.39 is 23.3 Å². The molecule has 1 aromatic heterocycles. The minimum atomic E-state index is -0.860. The summed E-state index contributed by atoms with van der Waals surface area (Å²) in [6.45, 7) is 0.474. The maximum atomic E-state index is 15.1. The number of carbonyl (C=O) groups excluding carboxylic acids is 2. The molecule has 5 rings (SSSR count). The molecular weight excluding hydrogens is 434 g/mol. The van der Waals surface area contributed by atoms with Gasteiger partial charge in [0.1, 0.15) is 17.1 Å². The predicted molar refractivity (Wildman–Crippen MR) is 114 cm³/mol. The second-order valence-electron chi connectivity index (χ2n) is 8.26. The van der Waals surface area contributed by atoms with Crippen molar-refractivity contribution in [2.24, 2.45) is 0 Å². The standard InChI is InChI=1S/C23H22F2N4O4/c1-26-21(30)16-5-4-15(20(25)27-16)14-7-10-29(32-12-14)11-13-3-6-17-19(18(13)24)28-22(31)23(33-17)8-2-9-23/h3-7H,2,8-12H2,1H3,(H,26,30)(H,28,31). The van der Waals surface area contributed by atoms with Gasteiger partial charge < -0.3 is 15.4 Å². The highest BCUT2D eigenvalue weighted by molar-refractivity contribution is 6.01. The summed E-state index contributed by atoms with van der Waals surface area (Å²) in [6, 6.07) is 6.20. The fourth-order valence-electron chi connectivity index (χ4n) is 4.14. The van der Waals surface area contributed by atoms with E-state index >= 15 is 4.39 Å². The van der Waals surface area contributed by atoms with Crippen molar-refractivity contribution < 1.29 is 27.9 Å². The van der Waals surface area contributed by atoms with Crippen LogP contribution in [0, 0.1) is 11.8 Å². The molecule has 0 bridgehead atoms. The van der Waals surface area contributed by atoms with E-state index in [0.717, 1.165) is 6.42 Å². The van der Waals surface area contributed by atoms with Crippen LogP contribution in [0.1, 0.15) is 40.9 Å². The van der Waals surface area contributed by atoms with E-state index in [0.29, 0.717) is 29.7 Å². The van der Waals surface area contributed by atoms with Crippen LogP contribution >= 0.6 is 0 Å². The van der Waals surface area contributed by atoms with Gasteiger partial charge in [-0.25, -0.2) is 9.37 Å². The van der Waals surface area contributed by atoms with Crippen LogP contribution in [0.4, 0.5) is 14.5 Å². The molecule has 0 saturated heterocycles. The number of hydroxylamine groups is 2. The largest absolute Gasteiger partial charge is 0.475 e. The van der Waals surface area contributed by atoms with Crippen molar-refractivity contribution >= 4 is 23.1 Å². The first-order valence-corrected chi connectivity index (χ1v) is 10.7. The van der Waals surface area contributed by atoms with Gasteiger partial charge >= 0.3 is 0 Å². The van der Waals surface area contributed by atoms with E-state index in [1.807, 2.05) is 0 Å². The Morgan fingerprint density at radius 3 is 2.73 bits per heavy atom. The quantitative estimate of drug-likeness (QED) is 0.688. The van der Waals surface area contributed by atoms with Crippen LogP contribution in [0.25, 0.3) is 5.57 Å². The molecule has 0 atom stereocenters. The van der Waals surface area contributed by atoms with Crippen molar-refractivity contribution in [1.29, 1.82) is 0 Å². The Morgan fingerprint density at radius 1 is 1.27 bits per heavy atom. The van der Waals surface area contributed by atoms with E-state index in [4.69, 9.17) is 9.57 Å². The molecule has 1 spiro atoms. The molecule has 172 valence electrons. The van der Waals surface area contributed by atoms with Gasteiger partial charge in [-0.3, -0.25) is 14.4 Å². The fraction of sp³-hybridized carbons (Fsp3) is 0.348. The molecule has 3 aliphatic rings. The van der Waals surface area contributed by atoms with Crippen LogP contribution in [-0.2, 0) is 16.2 Å². The monoisotopic (exact) mass is 456 g/mol. The van der Waals surface area contributed by atoms with Gasteiger partial charge in [0.2, 0.25) is 5.95 Å². The van der Waals surface area contributed by atoms with Crippen LogP contribution in [0.3, 0.4) is 0 Å². The summed E-state index contributed by atoms with van der Waals surface area (Å²) in [5, 5.41) is 6.60. The molecule has 1 fully saturated rings. The number of carbonyl (C=O) groups is 2. The number of rotatable bonds is 4. The van der Waals surface area contributed by atoms with Crippen LogP contribution in [0.15, 0.2) is 30.3 Å². The summed E-state index contributed by atoms with van der Waals surface area (Å²) in [5.41, 5.74) is 0.333. The minimum absolute atomic E-state index is 0.0140. The topological polar surface area (TPSA) is 92.8 Å². The Hall–Kier alpha value is -3.37. The molecule has 1 saturated carbocycles. The molecule has 2 amide bonds. The highest BCUT2D eigenvalue weighted by Crippen LogP contribution is 2.45. The molecule has 2 N–H and O–H groups in total. The highest BCUT2D eigenvalue weighted by Gasteiger charge is 2.50. The lowest BCUT2D eigenvalue weighted by Crippen LogP contribution is -2.55. The maximum absolute atomic E-state index is 15.1. The van der Waals surface area contributed by atoms with Crippen LogP contribution < -0.4 is 15.4 Å². The third-order valence-electron chi connectivity index (χ3n) is 6.25. The summed E-state index contributed by atoms with van der Waals surface area (Å²) in [7, 11) is 1.44. The van der Waals surface area contributed by atoms with E-state index in [9.17, 15) is 14.0 Å². The first-order valence-electron chi connectivity index (χ1n) is 10.7. The lowest BCUT2D eigenvalue weighted by atomic mass is 9.78. The number of ether oxygens (including phenoxy) is 1. The zero-order chi connectivity index (χ0) is 23.2. The van der Waals surface area contributed by atoms with Crippen LogP contribution in [0.5, 0.6) is 5.75 Å². The fourth-order valence-corrected chi connectivity index (χ4v) is 4.14. The predicted octanol–water partition coefficient (Wildman–Crippen LogP) is 2.80. The second kappa shape index (κ2) is 8.20. The number of aromatic nitrogens is 1. The summed E-state index contributed by atoms with van der Waals surface area (Å²) >= 11 is 0. The zero-order valence-electron chi connectivity index (χ0n) is 17.9. The van der Waals surface area contributed by atoms with Gasteiger partial charge in [0.25, 0.3) is 11.8 Å². The Labute approximate surface area is 188 Å². The number of fused-ring (bicyclic) bond motifs is 1. The molecule has 33 heavy (non-hydrogen) atoms. The maximum Gasteiger partial charge on any atom is 0.269 e. The number of pyridine rings is 1. The Morgan fingerprint density at radius 2 is 2.09 bits per heavy atom. The van der Waals surface area contributed by atoms with Gasteiger partial charge in [-0.15, -0.1) is 0 Å². The van der Waals surface area contributed by atoms with Crippen molar-refractivity contribution in [3.63, 3.8) is 0 Å². The molecule has 2 aliphatic heterocycles. The van der Waals surface area contributed by atoms with Gasteiger partial charge in [0.05, 0.1) is 13.2 Å². The minimum Gasteiger partial charge on any atom is -0.475 e. The Balaban J connectivity index is 1.28. The van der Waals surface area contributed by atoms with Crippen molar-refractivity contribution in [2.45, 2.75) is 31.4 Å². The number of amides is 2. The SMILES string of the molecule is CNC(=O)c1ccc(C2=CCN(Cc3ccc4c(c3F)NC(=O)C3(CCC3)O4)OC2)c(F)n1. The number of nitrogens with zero attached hydrogens (tertiary/aromatic N) is 2. The molecule has 1 aromatic carbocycles. The molecule has 10 heteroatoms. The third kappa shape index (κ3) is 3.75. The average molecular weight is 456 g/mol. The normalized spacial score (nSPS) is 19.1. The summed E-state index contributed by atoms with van der Waals surface area (Å²) < 4.78 is 35.3. The average Bonchev–Trinajstić information content (AvgIpc) is 2.80. The number of nitrogens with one attached hydrogen (secondary N) is 2. The van der Waals surface area contributed by atoms with Gasteiger partial charge in [-0.2, -0.15) is 9.45 Å². The summed E-state index contributed by atoms with van der Waals surface area (Å²) in [4.78, 5) is 33.4. The molecule has 0 radical (unpaired) electrons. The van der Waals surface area contributed by atoms with Crippen LogP contribution in [0.2, 0.25) is 0 Å². The molecule has 0 unspecified atom stereocenters. The van der Waals surface area contributed by atoms with Gasteiger partial charge in [-0.05, 0) is 43.0 Å². The number of halogens is 2. The first-order chi connectivity index (χ1) is 15.9. The first kappa shape index (κ1) is 21.5. The highest BCUT2D eigenvalue weighted by atomic mass is 19.1. The van der Waals surface area contributed by atoms with Crippen molar-refractivity contribution in [3.05, 3.63) is 58.9 Å².